The van der Waals surface area contributed by atoms with Gasteiger partial charge in [-0.3, -0.25) is 9.69 Å². The lowest BCUT2D eigenvalue weighted by Crippen LogP contribution is -2.30. The predicted molar refractivity (Wildman–Crippen MR) is 138 cm³/mol. The van der Waals surface area contributed by atoms with Gasteiger partial charge in [-0.05, 0) is 60.8 Å². The van der Waals surface area contributed by atoms with Crippen LogP contribution in [0.4, 0.5) is 5.69 Å². The summed E-state index contributed by atoms with van der Waals surface area (Å²) >= 11 is 5.44. The Hall–Kier alpha value is -4.10. The van der Waals surface area contributed by atoms with Gasteiger partial charge in [-0.25, -0.2) is 0 Å². The van der Waals surface area contributed by atoms with E-state index in [1.807, 2.05) is 79.0 Å². The van der Waals surface area contributed by atoms with E-state index in [2.05, 4.69) is 22.0 Å². The van der Waals surface area contributed by atoms with Gasteiger partial charge < -0.3 is 19.4 Å². The molecule has 170 valence electrons. The van der Waals surface area contributed by atoms with Crippen LogP contribution < -0.4 is 19.7 Å². The second-order valence-electron chi connectivity index (χ2n) is 7.78. The molecule has 3 aromatic carbocycles. The summed E-state index contributed by atoms with van der Waals surface area (Å²) in [6, 6.07) is 25.0. The van der Waals surface area contributed by atoms with Crippen molar-refractivity contribution in [2.45, 2.75) is 6.54 Å². The molecule has 0 saturated carbocycles. The first kappa shape index (κ1) is 21.7. The first-order chi connectivity index (χ1) is 16.6. The number of hydrogen-bond donors (Lipinski definition) is 1. The van der Waals surface area contributed by atoms with Gasteiger partial charge in [-0.1, -0.05) is 36.4 Å². The van der Waals surface area contributed by atoms with Crippen LogP contribution in [0.2, 0.25) is 0 Å². The molecule has 6 nitrogen and oxygen atoms in total. The van der Waals surface area contributed by atoms with E-state index < -0.39 is 0 Å². The predicted octanol–water partition coefficient (Wildman–Crippen LogP) is 4.99. The van der Waals surface area contributed by atoms with Gasteiger partial charge in [0.05, 0.1) is 19.3 Å². The van der Waals surface area contributed by atoms with Crippen LogP contribution in [0.5, 0.6) is 11.5 Å². The summed E-state index contributed by atoms with van der Waals surface area (Å²) in [7, 11) is 1.64. The number of aromatic nitrogens is 1. The zero-order valence-electron chi connectivity index (χ0n) is 18.6. The minimum atomic E-state index is -0.170. The molecule has 1 amide bonds. The first-order valence-corrected chi connectivity index (χ1v) is 11.3. The molecule has 1 aliphatic rings. The maximum atomic E-state index is 13.1. The SMILES string of the molecule is COc1ccc(OCCn2cc(C=C3NC(=S)N(c4ccccc4)C3=O)c3ccccc32)cc1. The summed E-state index contributed by atoms with van der Waals surface area (Å²) in [5.74, 6) is 1.41. The third-order valence-corrected chi connectivity index (χ3v) is 5.96. The number of carbonyl (C=O) groups is 1. The molecule has 2 heterocycles. The van der Waals surface area contributed by atoms with Crippen molar-refractivity contribution in [3.05, 3.63) is 96.3 Å². The molecule has 0 spiro atoms. The molecule has 0 bridgehead atoms. The number of ether oxygens (including phenoxy) is 2. The number of anilines is 1. The molecule has 4 aromatic rings. The fourth-order valence-electron chi connectivity index (χ4n) is 4.01. The molecule has 0 radical (unpaired) electrons. The van der Waals surface area contributed by atoms with Gasteiger partial charge in [-0.15, -0.1) is 0 Å². The number of thiocarbonyl (C=S) groups is 1. The standard InChI is InChI=1S/C27H23N3O3S/c1-32-21-11-13-22(14-12-21)33-16-15-29-18-19(23-9-5-6-10-25(23)29)17-24-26(31)30(27(34)28-24)20-7-3-2-4-8-20/h2-14,17-18H,15-16H2,1H3,(H,28,34). The van der Waals surface area contributed by atoms with E-state index in [1.54, 1.807) is 7.11 Å². The van der Waals surface area contributed by atoms with E-state index in [1.165, 1.54) is 4.90 Å². The summed E-state index contributed by atoms with van der Waals surface area (Å²) in [5, 5.41) is 4.50. The van der Waals surface area contributed by atoms with Crippen molar-refractivity contribution in [3.63, 3.8) is 0 Å². The Bertz CT molecular complexity index is 1380. The van der Waals surface area contributed by atoms with Crippen LogP contribution in [0.3, 0.4) is 0 Å². The van der Waals surface area contributed by atoms with Crippen molar-refractivity contribution in [2.24, 2.45) is 0 Å². The van der Waals surface area contributed by atoms with E-state index in [-0.39, 0.29) is 5.91 Å². The van der Waals surface area contributed by atoms with Gasteiger partial charge >= 0.3 is 0 Å². The third kappa shape index (κ3) is 4.25. The first-order valence-electron chi connectivity index (χ1n) is 10.9. The maximum Gasteiger partial charge on any atom is 0.281 e. The van der Waals surface area contributed by atoms with E-state index in [0.29, 0.717) is 24.0 Å². The topological polar surface area (TPSA) is 55.7 Å². The molecular formula is C27H23N3O3S. The van der Waals surface area contributed by atoms with E-state index in [0.717, 1.165) is 33.7 Å². The quantitative estimate of drug-likeness (QED) is 0.305. The molecule has 1 saturated heterocycles. The van der Waals surface area contributed by atoms with Crippen LogP contribution in [-0.2, 0) is 11.3 Å². The highest BCUT2D eigenvalue weighted by Crippen LogP contribution is 2.27. The average Bonchev–Trinajstić information content (AvgIpc) is 3.36. The zero-order valence-corrected chi connectivity index (χ0v) is 19.4. The fraction of sp³-hybridized carbons (Fsp3) is 0.111. The van der Waals surface area contributed by atoms with Crippen LogP contribution in [0.25, 0.3) is 17.0 Å². The Morgan fingerprint density at radius 3 is 2.41 bits per heavy atom. The zero-order chi connectivity index (χ0) is 23.5. The largest absolute Gasteiger partial charge is 0.497 e. The van der Waals surface area contributed by atoms with Crippen LogP contribution in [0.15, 0.2) is 90.8 Å². The third-order valence-electron chi connectivity index (χ3n) is 5.67. The summed E-state index contributed by atoms with van der Waals surface area (Å²) < 4.78 is 13.2. The molecular weight excluding hydrogens is 446 g/mol. The van der Waals surface area contributed by atoms with E-state index in [9.17, 15) is 4.79 Å². The number of hydrogen-bond acceptors (Lipinski definition) is 4. The number of para-hydroxylation sites is 2. The number of methoxy groups -OCH3 is 1. The Balaban J connectivity index is 1.37. The van der Waals surface area contributed by atoms with Crippen LogP contribution in [0.1, 0.15) is 5.56 Å². The molecule has 7 heteroatoms. The minimum absolute atomic E-state index is 0.170. The molecule has 0 aliphatic carbocycles. The van der Waals surface area contributed by atoms with Crippen LogP contribution >= 0.6 is 12.2 Å². The van der Waals surface area contributed by atoms with Crippen molar-refractivity contribution in [2.75, 3.05) is 18.6 Å². The van der Waals surface area contributed by atoms with Gasteiger partial charge in [0.2, 0.25) is 0 Å². The highest BCUT2D eigenvalue weighted by Gasteiger charge is 2.32. The second-order valence-corrected chi connectivity index (χ2v) is 8.17. The molecule has 34 heavy (non-hydrogen) atoms. The van der Waals surface area contributed by atoms with Crippen molar-refractivity contribution in [3.8, 4) is 11.5 Å². The van der Waals surface area contributed by atoms with Crippen LogP contribution in [0, 0.1) is 0 Å². The monoisotopic (exact) mass is 469 g/mol. The number of benzene rings is 3. The minimum Gasteiger partial charge on any atom is -0.497 e. The lowest BCUT2D eigenvalue weighted by atomic mass is 10.1. The molecule has 0 unspecified atom stereocenters. The highest BCUT2D eigenvalue weighted by molar-refractivity contribution is 7.80. The Labute approximate surface area is 203 Å². The summed E-state index contributed by atoms with van der Waals surface area (Å²) in [6.07, 6.45) is 3.90. The molecule has 1 aromatic heterocycles. The van der Waals surface area contributed by atoms with E-state index >= 15 is 0 Å². The number of nitrogens with one attached hydrogen (secondary N) is 1. The number of amides is 1. The van der Waals surface area contributed by atoms with Crippen molar-refractivity contribution >= 4 is 45.9 Å². The summed E-state index contributed by atoms with van der Waals surface area (Å²) in [5.41, 5.74) is 3.20. The molecule has 1 fully saturated rings. The van der Waals surface area contributed by atoms with Gasteiger partial charge in [0.15, 0.2) is 5.11 Å². The number of rotatable bonds is 7. The number of carbonyl (C=O) groups excluding carboxylic acids is 1. The number of fused-ring (bicyclic) bond motifs is 1. The van der Waals surface area contributed by atoms with Crippen molar-refractivity contribution < 1.29 is 14.3 Å². The van der Waals surface area contributed by atoms with Crippen molar-refractivity contribution in [1.29, 1.82) is 0 Å². The summed E-state index contributed by atoms with van der Waals surface area (Å²) in [4.78, 5) is 14.6. The van der Waals surface area contributed by atoms with Gasteiger partial charge in [0.25, 0.3) is 5.91 Å². The molecule has 0 atom stereocenters. The fourth-order valence-corrected chi connectivity index (χ4v) is 4.31. The van der Waals surface area contributed by atoms with Gasteiger partial charge in [-0.2, -0.15) is 0 Å². The molecule has 5 rings (SSSR count). The Kier molecular flexibility index (Phi) is 6.01. The van der Waals surface area contributed by atoms with Gasteiger partial charge in [0.1, 0.15) is 23.8 Å². The average molecular weight is 470 g/mol. The van der Waals surface area contributed by atoms with Crippen molar-refractivity contribution in [1.82, 2.24) is 9.88 Å². The summed E-state index contributed by atoms with van der Waals surface area (Å²) in [6.45, 7) is 1.16. The Morgan fingerprint density at radius 1 is 0.941 bits per heavy atom. The molecule has 1 aliphatic heterocycles. The normalized spacial score (nSPS) is 14.6. The molecule has 1 N–H and O–H groups in total. The lowest BCUT2D eigenvalue weighted by molar-refractivity contribution is -0.113. The van der Waals surface area contributed by atoms with Crippen LogP contribution in [-0.4, -0.2) is 29.3 Å². The van der Waals surface area contributed by atoms with Gasteiger partial charge in [0, 0.05) is 22.7 Å². The smallest absolute Gasteiger partial charge is 0.281 e. The highest BCUT2D eigenvalue weighted by atomic mass is 32.1. The lowest BCUT2D eigenvalue weighted by Gasteiger charge is -2.13. The van der Waals surface area contributed by atoms with E-state index in [4.69, 9.17) is 21.7 Å². The Morgan fingerprint density at radius 2 is 1.65 bits per heavy atom. The second kappa shape index (κ2) is 9.41. The number of nitrogens with zero attached hydrogens (tertiary/aromatic N) is 2. The maximum absolute atomic E-state index is 13.1.